The van der Waals surface area contributed by atoms with Crippen LogP contribution < -0.4 is 5.32 Å². The summed E-state index contributed by atoms with van der Waals surface area (Å²) in [6.45, 7) is 2.02. The van der Waals surface area contributed by atoms with Gasteiger partial charge in [-0.1, -0.05) is 0 Å². The number of pyridine rings is 1. The SMILES string of the molecule is CC(=O)NCCSCC(CC(=O)N(C)C)C(=O)c1cccnc1. The van der Waals surface area contributed by atoms with Gasteiger partial charge >= 0.3 is 0 Å². The van der Waals surface area contributed by atoms with Crippen molar-refractivity contribution in [1.82, 2.24) is 15.2 Å². The molecule has 0 saturated heterocycles. The molecule has 1 unspecified atom stereocenters. The van der Waals surface area contributed by atoms with E-state index in [-0.39, 0.29) is 24.0 Å². The molecule has 0 aliphatic rings. The number of aromatic nitrogens is 1. The highest BCUT2D eigenvalue weighted by Crippen LogP contribution is 2.18. The minimum atomic E-state index is -0.392. The van der Waals surface area contributed by atoms with Gasteiger partial charge in [-0.15, -0.1) is 0 Å². The zero-order chi connectivity index (χ0) is 17.2. The summed E-state index contributed by atoms with van der Waals surface area (Å²) < 4.78 is 0. The van der Waals surface area contributed by atoms with Crippen molar-refractivity contribution >= 4 is 29.4 Å². The van der Waals surface area contributed by atoms with Crippen LogP contribution in [0.3, 0.4) is 0 Å². The van der Waals surface area contributed by atoms with Crippen LogP contribution in [0.1, 0.15) is 23.7 Å². The van der Waals surface area contributed by atoms with Gasteiger partial charge in [-0.2, -0.15) is 11.8 Å². The second kappa shape index (κ2) is 9.99. The number of rotatable bonds is 9. The first kappa shape index (κ1) is 19.2. The first-order valence-electron chi connectivity index (χ1n) is 7.38. The molecule has 0 bridgehead atoms. The van der Waals surface area contributed by atoms with Crippen molar-refractivity contribution in [2.45, 2.75) is 13.3 Å². The van der Waals surface area contributed by atoms with Crippen LogP contribution in [0, 0.1) is 5.92 Å². The number of hydrogen-bond donors (Lipinski definition) is 1. The van der Waals surface area contributed by atoms with Gasteiger partial charge in [0.05, 0.1) is 0 Å². The maximum absolute atomic E-state index is 12.6. The van der Waals surface area contributed by atoms with Crippen molar-refractivity contribution in [3.8, 4) is 0 Å². The Kier molecular flexibility index (Phi) is 8.32. The molecule has 0 saturated carbocycles. The average molecular weight is 337 g/mol. The maximum atomic E-state index is 12.6. The highest BCUT2D eigenvalue weighted by atomic mass is 32.2. The van der Waals surface area contributed by atoms with Crippen molar-refractivity contribution < 1.29 is 14.4 Å². The van der Waals surface area contributed by atoms with E-state index >= 15 is 0 Å². The molecular formula is C16H23N3O3S. The summed E-state index contributed by atoms with van der Waals surface area (Å²) >= 11 is 1.55. The van der Waals surface area contributed by atoms with Crippen molar-refractivity contribution in [2.75, 3.05) is 32.1 Å². The number of amides is 2. The van der Waals surface area contributed by atoms with Gasteiger partial charge in [0, 0.05) is 69.4 Å². The Bertz CT molecular complexity index is 535. The largest absolute Gasteiger partial charge is 0.356 e. The smallest absolute Gasteiger partial charge is 0.222 e. The minimum Gasteiger partial charge on any atom is -0.356 e. The Morgan fingerprint density at radius 1 is 1.35 bits per heavy atom. The number of nitrogens with one attached hydrogen (secondary N) is 1. The number of carbonyl (C=O) groups is 3. The van der Waals surface area contributed by atoms with E-state index in [9.17, 15) is 14.4 Å². The lowest BCUT2D eigenvalue weighted by atomic mass is 9.97. The fourth-order valence-electron chi connectivity index (χ4n) is 1.89. The number of nitrogens with zero attached hydrogens (tertiary/aromatic N) is 2. The van der Waals surface area contributed by atoms with Gasteiger partial charge in [0.1, 0.15) is 0 Å². The first-order chi connectivity index (χ1) is 10.9. The number of carbonyl (C=O) groups excluding carboxylic acids is 3. The lowest BCUT2D eigenvalue weighted by Crippen LogP contribution is -2.29. The predicted octanol–water partition coefficient (Wildman–Crippen LogP) is 1.23. The molecule has 0 radical (unpaired) electrons. The molecule has 2 amide bonds. The second-order valence-corrected chi connectivity index (χ2v) is 6.50. The number of ketones is 1. The molecule has 0 aliphatic carbocycles. The van der Waals surface area contributed by atoms with Crippen LogP contribution in [0.5, 0.6) is 0 Å². The molecule has 23 heavy (non-hydrogen) atoms. The molecule has 0 aromatic carbocycles. The van der Waals surface area contributed by atoms with E-state index in [1.807, 2.05) is 0 Å². The number of Topliss-reactive ketones (excluding diaryl/α,β-unsaturated/α-hetero) is 1. The molecule has 6 nitrogen and oxygen atoms in total. The van der Waals surface area contributed by atoms with E-state index in [2.05, 4.69) is 10.3 Å². The zero-order valence-corrected chi connectivity index (χ0v) is 14.6. The summed E-state index contributed by atoms with van der Waals surface area (Å²) in [5, 5.41) is 2.71. The van der Waals surface area contributed by atoms with Crippen LogP contribution >= 0.6 is 11.8 Å². The van der Waals surface area contributed by atoms with Gasteiger partial charge in [-0.05, 0) is 12.1 Å². The van der Waals surface area contributed by atoms with E-state index in [4.69, 9.17) is 0 Å². The molecule has 1 heterocycles. The van der Waals surface area contributed by atoms with Crippen LogP contribution in [0.4, 0.5) is 0 Å². The highest BCUT2D eigenvalue weighted by Gasteiger charge is 2.24. The van der Waals surface area contributed by atoms with Crippen LogP contribution in [0.25, 0.3) is 0 Å². The van der Waals surface area contributed by atoms with Gasteiger partial charge in [-0.25, -0.2) is 0 Å². The predicted molar refractivity (Wildman–Crippen MR) is 91.4 cm³/mol. The molecule has 0 aliphatic heterocycles. The summed E-state index contributed by atoms with van der Waals surface area (Å²) in [6.07, 6.45) is 3.31. The lowest BCUT2D eigenvalue weighted by molar-refractivity contribution is -0.129. The summed E-state index contributed by atoms with van der Waals surface area (Å²) in [4.78, 5) is 40.8. The van der Waals surface area contributed by atoms with Crippen LogP contribution in [-0.4, -0.2) is 59.6 Å². The Hall–Kier alpha value is -1.89. The molecular weight excluding hydrogens is 314 g/mol. The average Bonchev–Trinajstić information content (AvgIpc) is 2.53. The van der Waals surface area contributed by atoms with Crippen molar-refractivity contribution in [3.05, 3.63) is 30.1 Å². The summed E-state index contributed by atoms with van der Waals surface area (Å²) in [6, 6.07) is 3.42. The van der Waals surface area contributed by atoms with E-state index in [1.165, 1.54) is 18.0 Å². The monoisotopic (exact) mass is 337 g/mol. The van der Waals surface area contributed by atoms with E-state index in [0.29, 0.717) is 23.6 Å². The van der Waals surface area contributed by atoms with Gasteiger partial charge in [-0.3, -0.25) is 19.4 Å². The van der Waals surface area contributed by atoms with Gasteiger partial charge in [0.2, 0.25) is 11.8 Å². The highest BCUT2D eigenvalue weighted by molar-refractivity contribution is 7.99. The molecule has 1 aromatic heterocycles. The lowest BCUT2D eigenvalue weighted by Gasteiger charge is -2.18. The quantitative estimate of drug-likeness (QED) is 0.541. The third-order valence-electron chi connectivity index (χ3n) is 3.18. The third-order valence-corrected chi connectivity index (χ3v) is 4.31. The summed E-state index contributed by atoms with van der Waals surface area (Å²) in [5.74, 6) is 0.627. The van der Waals surface area contributed by atoms with E-state index in [1.54, 1.807) is 44.2 Å². The molecule has 1 atom stereocenters. The number of thioether (sulfide) groups is 1. The van der Waals surface area contributed by atoms with Crippen molar-refractivity contribution in [1.29, 1.82) is 0 Å². The van der Waals surface area contributed by atoms with Gasteiger partial charge in [0.25, 0.3) is 0 Å². The topological polar surface area (TPSA) is 79.4 Å². The Balaban J connectivity index is 2.63. The van der Waals surface area contributed by atoms with E-state index < -0.39 is 5.92 Å². The first-order valence-corrected chi connectivity index (χ1v) is 8.54. The summed E-state index contributed by atoms with van der Waals surface area (Å²) in [5.41, 5.74) is 0.520. The fraction of sp³-hybridized carbons (Fsp3) is 0.500. The molecule has 1 aromatic rings. The minimum absolute atomic E-state index is 0.0691. The molecule has 0 spiro atoms. The fourth-order valence-corrected chi connectivity index (χ4v) is 2.86. The third kappa shape index (κ3) is 7.27. The molecule has 1 rings (SSSR count). The van der Waals surface area contributed by atoms with Crippen LogP contribution in [0.2, 0.25) is 0 Å². The van der Waals surface area contributed by atoms with Crippen LogP contribution in [0.15, 0.2) is 24.5 Å². The zero-order valence-electron chi connectivity index (χ0n) is 13.7. The van der Waals surface area contributed by atoms with E-state index in [0.717, 1.165) is 0 Å². The van der Waals surface area contributed by atoms with Crippen LogP contribution in [-0.2, 0) is 9.59 Å². The second-order valence-electron chi connectivity index (χ2n) is 5.35. The maximum Gasteiger partial charge on any atom is 0.222 e. The molecule has 7 heteroatoms. The molecule has 1 N–H and O–H groups in total. The van der Waals surface area contributed by atoms with Crippen molar-refractivity contribution in [2.24, 2.45) is 5.92 Å². The van der Waals surface area contributed by atoms with Gasteiger partial charge in [0.15, 0.2) is 5.78 Å². The molecule has 0 fully saturated rings. The Morgan fingerprint density at radius 3 is 2.65 bits per heavy atom. The van der Waals surface area contributed by atoms with Crippen molar-refractivity contribution in [3.63, 3.8) is 0 Å². The molecule has 126 valence electrons. The normalized spacial score (nSPS) is 11.6. The summed E-state index contributed by atoms with van der Waals surface area (Å²) in [7, 11) is 3.36. The Morgan fingerprint density at radius 2 is 2.09 bits per heavy atom. The van der Waals surface area contributed by atoms with Gasteiger partial charge < -0.3 is 10.2 Å². The number of hydrogen-bond acceptors (Lipinski definition) is 5. The standard InChI is InChI=1S/C16H23N3O3S/c1-12(20)18-7-8-23-11-14(9-15(21)19(2)3)16(22)13-5-4-6-17-10-13/h4-6,10,14H,7-9,11H2,1-3H3,(H,18,20). The Labute approximate surface area is 141 Å².